The van der Waals surface area contributed by atoms with Crippen LogP contribution in [-0.2, 0) is 14.3 Å². The van der Waals surface area contributed by atoms with Gasteiger partial charge in [0, 0.05) is 18.0 Å². The van der Waals surface area contributed by atoms with Gasteiger partial charge in [-0.2, -0.15) is 0 Å². The Bertz CT molecular complexity index is 353. The summed E-state index contributed by atoms with van der Waals surface area (Å²) in [5.74, 6) is -0.210. The van der Waals surface area contributed by atoms with E-state index >= 15 is 0 Å². The lowest BCUT2D eigenvalue weighted by atomic mass is 10.1. The fraction of sp³-hybridized carbons (Fsp3) is 0.615. The zero-order chi connectivity index (χ0) is 13.5. The number of esters is 1. The molecular formula is C13H21NO3S. The highest BCUT2D eigenvalue weighted by Gasteiger charge is 2.21. The van der Waals surface area contributed by atoms with Crippen LogP contribution in [0.25, 0.3) is 0 Å². The number of hydrogen-bond acceptors (Lipinski definition) is 5. The molecule has 1 aromatic rings. The van der Waals surface area contributed by atoms with Gasteiger partial charge in [0.2, 0.25) is 0 Å². The van der Waals surface area contributed by atoms with E-state index in [2.05, 4.69) is 5.32 Å². The van der Waals surface area contributed by atoms with Crippen molar-refractivity contribution in [3.63, 3.8) is 0 Å². The second-order valence-corrected chi connectivity index (χ2v) is 5.22. The van der Waals surface area contributed by atoms with Crippen LogP contribution in [0.5, 0.6) is 0 Å². The summed E-state index contributed by atoms with van der Waals surface area (Å²) in [6.45, 7) is 4.05. The molecule has 1 aromatic heterocycles. The molecule has 0 radical (unpaired) electrons. The van der Waals surface area contributed by atoms with E-state index in [1.807, 2.05) is 31.4 Å². The molecular weight excluding hydrogens is 250 g/mol. The van der Waals surface area contributed by atoms with Gasteiger partial charge in [0.05, 0.1) is 25.7 Å². The standard InChI is InChI=1S/C13H21NO3S/c1-9(10(2)16-3)14-11(8-13(15)17-4)12-6-5-7-18-12/h5-7,9-11,14H,8H2,1-4H3. The van der Waals surface area contributed by atoms with Crippen molar-refractivity contribution in [1.29, 1.82) is 0 Å². The fourth-order valence-electron chi connectivity index (χ4n) is 1.64. The lowest BCUT2D eigenvalue weighted by molar-refractivity contribution is -0.141. The smallest absolute Gasteiger partial charge is 0.307 e. The highest BCUT2D eigenvalue weighted by Crippen LogP contribution is 2.23. The highest BCUT2D eigenvalue weighted by atomic mass is 32.1. The van der Waals surface area contributed by atoms with E-state index in [0.717, 1.165) is 4.88 Å². The summed E-state index contributed by atoms with van der Waals surface area (Å²) >= 11 is 1.63. The first kappa shape index (κ1) is 15.1. The third kappa shape index (κ3) is 4.40. The predicted molar refractivity (Wildman–Crippen MR) is 72.8 cm³/mol. The van der Waals surface area contributed by atoms with Gasteiger partial charge in [-0.1, -0.05) is 6.07 Å². The van der Waals surface area contributed by atoms with Crippen LogP contribution in [0, 0.1) is 0 Å². The van der Waals surface area contributed by atoms with E-state index in [9.17, 15) is 4.79 Å². The topological polar surface area (TPSA) is 47.6 Å². The van der Waals surface area contributed by atoms with Crippen molar-refractivity contribution >= 4 is 17.3 Å². The summed E-state index contributed by atoms with van der Waals surface area (Å²) in [6, 6.07) is 4.14. The molecule has 102 valence electrons. The average Bonchev–Trinajstić information content (AvgIpc) is 2.90. The van der Waals surface area contributed by atoms with Crippen LogP contribution in [0.4, 0.5) is 0 Å². The maximum atomic E-state index is 11.4. The number of rotatable bonds is 7. The summed E-state index contributed by atoms with van der Waals surface area (Å²) in [4.78, 5) is 12.6. The van der Waals surface area contributed by atoms with Gasteiger partial charge in [0.15, 0.2) is 0 Å². The quantitative estimate of drug-likeness (QED) is 0.773. The molecule has 1 rings (SSSR count). The minimum absolute atomic E-state index is 0.0231. The molecule has 1 heterocycles. The van der Waals surface area contributed by atoms with Gasteiger partial charge in [-0.3, -0.25) is 4.79 Å². The molecule has 0 bridgehead atoms. The third-order valence-corrected chi connectivity index (χ3v) is 4.01. The Labute approximate surface area is 112 Å². The summed E-state index contributed by atoms with van der Waals surface area (Å²) in [5.41, 5.74) is 0. The predicted octanol–water partition coefficient (Wildman–Crippen LogP) is 2.37. The third-order valence-electron chi connectivity index (χ3n) is 3.03. The van der Waals surface area contributed by atoms with Gasteiger partial charge < -0.3 is 14.8 Å². The van der Waals surface area contributed by atoms with Crippen molar-refractivity contribution < 1.29 is 14.3 Å². The summed E-state index contributed by atoms with van der Waals surface area (Å²) in [6.07, 6.45) is 0.419. The normalized spacial score (nSPS) is 16.0. The summed E-state index contributed by atoms with van der Waals surface area (Å²) < 4.78 is 10.0. The zero-order valence-electron chi connectivity index (χ0n) is 11.3. The maximum absolute atomic E-state index is 11.4. The Morgan fingerprint density at radius 1 is 1.44 bits per heavy atom. The molecule has 3 atom stereocenters. The van der Waals surface area contributed by atoms with Crippen LogP contribution in [0.15, 0.2) is 17.5 Å². The molecule has 0 aliphatic heterocycles. The number of carbonyl (C=O) groups excluding carboxylic acids is 1. The molecule has 0 aromatic carbocycles. The van der Waals surface area contributed by atoms with Gasteiger partial charge in [-0.25, -0.2) is 0 Å². The first-order valence-electron chi connectivity index (χ1n) is 5.97. The van der Waals surface area contributed by atoms with Crippen molar-refractivity contribution in [2.45, 2.75) is 38.5 Å². The number of nitrogens with one attached hydrogen (secondary N) is 1. The Balaban J connectivity index is 2.69. The second kappa shape index (κ2) is 7.51. The number of thiophene rings is 1. The van der Waals surface area contributed by atoms with Gasteiger partial charge in [-0.15, -0.1) is 11.3 Å². The van der Waals surface area contributed by atoms with Crippen LogP contribution in [-0.4, -0.2) is 32.3 Å². The van der Waals surface area contributed by atoms with Crippen LogP contribution in [0.1, 0.15) is 31.2 Å². The Morgan fingerprint density at radius 2 is 2.17 bits per heavy atom. The molecule has 0 amide bonds. The molecule has 5 heteroatoms. The minimum Gasteiger partial charge on any atom is -0.469 e. The van der Waals surface area contributed by atoms with E-state index in [1.54, 1.807) is 18.4 Å². The first-order chi connectivity index (χ1) is 8.58. The number of ether oxygens (including phenoxy) is 2. The van der Waals surface area contributed by atoms with Crippen molar-refractivity contribution in [1.82, 2.24) is 5.32 Å². The molecule has 0 fully saturated rings. The largest absolute Gasteiger partial charge is 0.469 e. The van der Waals surface area contributed by atoms with Crippen LogP contribution >= 0.6 is 11.3 Å². The number of hydrogen-bond donors (Lipinski definition) is 1. The van der Waals surface area contributed by atoms with E-state index in [0.29, 0.717) is 6.42 Å². The Morgan fingerprint density at radius 3 is 2.67 bits per heavy atom. The second-order valence-electron chi connectivity index (χ2n) is 4.24. The number of methoxy groups -OCH3 is 2. The molecule has 0 saturated carbocycles. The van der Waals surface area contributed by atoms with Gasteiger partial charge in [0.1, 0.15) is 0 Å². The average molecular weight is 271 g/mol. The summed E-state index contributed by atoms with van der Waals surface area (Å²) in [5, 5.41) is 5.43. The van der Waals surface area contributed by atoms with E-state index < -0.39 is 0 Å². The molecule has 0 spiro atoms. The van der Waals surface area contributed by atoms with Crippen molar-refractivity contribution in [2.75, 3.05) is 14.2 Å². The van der Waals surface area contributed by atoms with E-state index in [1.165, 1.54) is 7.11 Å². The first-order valence-corrected chi connectivity index (χ1v) is 6.85. The molecule has 1 N–H and O–H groups in total. The van der Waals surface area contributed by atoms with Crippen molar-refractivity contribution in [2.24, 2.45) is 0 Å². The molecule has 3 unspecified atom stereocenters. The van der Waals surface area contributed by atoms with Crippen molar-refractivity contribution in [3.8, 4) is 0 Å². The van der Waals surface area contributed by atoms with Gasteiger partial charge >= 0.3 is 5.97 Å². The van der Waals surface area contributed by atoms with Crippen LogP contribution in [0.2, 0.25) is 0 Å². The molecule has 0 aliphatic carbocycles. The lowest BCUT2D eigenvalue weighted by Gasteiger charge is -2.25. The van der Waals surface area contributed by atoms with Gasteiger partial charge in [0.25, 0.3) is 0 Å². The van der Waals surface area contributed by atoms with E-state index in [-0.39, 0.29) is 24.2 Å². The molecule has 0 saturated heterocycles. The van der Waals surface area contributed by atoms with Crippen LogP contribution < -0.4 is 5.32 Å². The van der Waals surface area contributed by atoms with Gasteiger partial charge in [-0.05, 0) is 25.3 Å². The lowest BCUT2D eigenvalue weighted by Crippen LogP contribution is -2.39. The fourth-order valence-corrected chi connectivity index (χ4v) is 2.43. The number of carbonyl (C=O) groups is 1. The molecule has 4 nitrogen and oxygen atoms in total. The Hall–Kier alpha value is -0.910. The zero-order valence-corrected chi connectivity index (χ0v) is 12.1. The highest BCUT2D eigenvalue weighted by molar-refractivity contribution is 7.10. The Kier molecular flexibility index (Phi) is 6.32. The maximum Gasteiger partial charge on any atom is 0.307 e. The van der Waals surface area contributed by atoms with Crippen LogP contribution in [0.3, 0.4) is 0 Å². The SMILES string of the molecule is COC(=O)CC(NC(C)C(C)OC)c1cccs1. The minimum atomic E-state index is -0.210. The van der Waals surface area contributed by atoms with E-state index in [4.69, 9.17) is 9.47 Å². The summed E-state index contributed by atoms with van der Waals surface area (Å²) in [7, 11) is 3.10. The molecule has 18 heavy (non-hydrogen) atoms. The molecule has 0 aliphatic rings. The monoisotopic (exact) mass is 271 g/mol. The van der Waals surface area contributed by atoms with Crippen molar-refractivity contribution in [3.05, 3.63) is 22.4 Å².